The Hall–Kier alpha value is -1.47. The molecule has 0 spiro atoms. The first kappa shape index (κ1) is 14.1. The second kappa shape index (κ2) is 5.62. The fourth-order valence-corrected chi connectivity index (χ4v) is 3.76. The van der Waals surface area contributed by atoms with Gasteiger partial charge in [0.2, 0.25) is 17.6 Å². The molecule has 3 aliphatic heterocycles. The summed E-state index contributed by atoms with van der Waals surface area (Å²) >= 11 is 0. The number of hydrogen-bond donors (Lipinski definition) is 0. The van der Waals surface area contributed by atoms with E-state index in [2.05, 4.69) is 10.1 Å². The Kier molecular flexibility index (Phi) is 3.62. The molecule has 4 heterocycles. The van der Waals surface area contributed by atoms with Gasteiger partial charge in [0.1, 0.15) is 6.10 Å². The average molecular weight is 307 g/mol. The van der Waals surface area contributed by atoms with Crippen LogP contribution in [-0.4, -0.2) is 53.4 Å². The van der Waals surface area contributed by atoms with Gasteiger partial charge in [0.25, 0.3) is 0 Å². The zero-order valence-electron chi connectivity index (χ0n) is 12.7. The summed E-state index contributed by atoms with van der Waals surface area (Å²) in [5.74, 6) is 1.98. The van der Waals surface area contributed by atoms with Crippen LogP contribution in [0.25, 0.3) is 0 Å². The highest BCUT2D eigenvalue weighted by Crippen LogP contribution is 2.40. The second-order valence-corrected chi connectivity index (χ2v) is 6.46. The lowest BCUT2D eigenvalue weighted by Crippen LogP contribution is -2.38. The third-order valence-electron chi connectivity index (χ3n) is 4.95. The van der Waals surface area contributed by atoms with E-state index in [1.54, 1.807) is 6.92 Å². The van der Waals surface area contributed by atoms with Crippen molar-refractivity contribution < 1.29 is 18.8 Å². The largest absolute Gasteiger partial charge is 0.381 e. The third-order valence-corrected chi connectivity index (χ3v) is 4.95. The van der Waals surface area contributed by atoms with E-state index in [0.29, 0.717) is 37.4 Å². The van der Waals surface area contributed by atoms with E-state index in [1.807, 2.05) is 4.90 Å². The smallest absolute Gasteiger partial charge is 0.225 e. The number of hydrogen-bond acceptors (Lipinski definition) is 6. The summed E-state index contributed by atoms with van der Waals surface area (Å²) in [4.78, 5) is 18.8. The van der Waals surface area contributed by atoms with Crippen LogP contribution in [0.15, 0.2) is 4.52 Å². The zero-order valence-corrected chi connectivity index (χ0v) is 12.7. The van der Waals surface area contributed by atoms with Gasteiger partial charge in [-0.05, 0) is 19.3 Å². The van der Waals surface area contributed by atoms with Gasteiger partial charge in [-0.1, -0.05) is 5.16 Å². The van der Waals surface area contributed by atoms with Crippen molar-refractivity contribution in [2.75, 3.05) is 26.3 Å². The van der Waals surface area contributed by atoms with E-state index in [9.17, 15) is 4.79 Å². The average Bonchev–Trinajstić information content (AvgIpc) is 3.21. The third kappa shape index (κ3) is 2.52. The number of aryl methyl sites for hydroxylation is 1. The number of nitrogens with zero attached hydrogens (tertiary/aromatic N) is 3. The Balaban J connectivity index is 1.36. The number of ether oxygens (including phenoxy) is 2. The molecule has 7 nitrogen and oxygen atoms in total. The van der Waals surface area contributed by atoms with Crippen LogP contribution >= 0.6 is 0 Å². The molecule has 1 amide bonds. The van der Waals surface area contributed by atoms with E-state index < -0.39 is 0 Å². The maximum absolute atomic E-state index is 12.6. The fraction of sp³-hybridized carbons (Fsp3) is 0.800. The van der Waals surface area contributed by atoms with Crippen LogP contribution in [0.5, 0.6) is 0 Å². The van der Waals surface area contributed by atoms with E-state index >= 15 is 0 Å². The van der Waals surface area contributed by atoms with Crippen LogP contribution in [0.4, 0.5) is 0 Å². The molecule has 0 N–H and O–H groups in total. The molecule has 7 heteroatoms. The van der Waals surface area contributed by atoms with Gasteiger partial charge in [-0.2, -0.15) is 4.98 Å². The number of amides is 1. The van der Waals surface area contributed by atoms with Crippen LogP contribution in [0.2, 0.25) is 0 Å². The van der Waals surface area contributed by atoms with Crippen LogP contribution < -0.4 is 0 Å². The van der Waals surface area contributed by atoms with Gasteiger partial charge in [0.15, 0.2) is 0 Å². The first-order chi connectivity index (χ1) is 10.7. The molecule has 1 aromatic heterocycles. The lowest BCUT2D eigenvalue weighted by atomic mass is 9.98. The number of likely N-dealkylation sites (tertiary alicyclic amines) is 1. The predicted octanol–water partition coefficient (Wildman–Crippen LogP) is 1.09. The van der Waals surface area contributed by atoms with E-state index in [1.165, 1.54) is 0 Å². The molecule has 22 heavy (non-hydrogen) atoms. The van der Waals surface area contributed by atoms with Gasteiger partial charge < -0.3 is 18.9 Å². The summed E-state index contributed by atoms with van der Waals surface area (Å²) in [6.45, 7) is 4.66. The molecule has 0 radical (unpaired) electrons. The molecule has 0 unspecified atom stereocenters. The first-order valence-corrected chi connectivity index (χ1v) is 8.03. The molecule has 3 aliphatic rings. The normalized spacial score (nSPS) is 32.4. The number of aromatic nitrogens is 2. The molecule has 3 atom stereocenters. The molecule has 0 saturated carbocycles. The summed E-state index contributed by atoms with van der Waals surface area (Å²) in [7, 11) is 0. The SMILES string of the molecule is Cc1nc([C@@H]2C[C@H]3CN(C(=O)C4CCOCC4)C[C@H]3O2)no1. The van der Waals surface area contributed by atoms with Gasteiger partial charge in [-0.15, -0.1) is 0 Å². The topological polar surface area (TPSA) is 77.7 Å². The molecule has 0 aromatic carbocycles. The molecule has 3 saturated heterocycles. The molecule has 3 fully saturated rings. The van der Waals surface area contributed by atoms with E-state index in [-0.39, 0.29) is 24.0 Å². The highest BCUT2D eigenvalue weighted by atomic mass is 16.5. The zero-order chi connectivity index (χ0) is 15.1. The Morgan fingerprint density at radius 1 is 1.27 bits per heavy atom. The Bertz CT molecular complexity index is 541. The van der Waals surface area contributed by atoms with Crippen LogP contribution in [0.1, 0.15) is 37.1 Å². The number of carbonyl (C=O) groups is 1. The Morgan fingerprint density at radius 3 is 2.77 bits per heavy atom. The molecule has 120 valence electrons. The summed E-state index contributed by atoms with van der Waals surface area (Å²) in [5, 5.41) is 3.95. The van der Waals surface area contributed by atoms with Gasteiger partial charge in [0.05, 0.1) is 6.10 Å². The summed E-state index contributed by atoms with van der Waals surface area (Å²) in [5.41, 5.74) is 0. The maximum atomic E-state index is 12.6. The van der Waals surface area contributed by atoms with Gasteiger partial charge >= 0.3 is 0 Å². The van der Waals surface area contributed by atoms with E-state index in [0.717, 1.165) is 25.8 Å². The lowest BCUT2D eigenvalue weighted by molar-refractivity contribution is -0.138. The molecule has 1 aromatic rings. The predicted molar refractivity (Wildman–Crippen MR) is 74.9 cm³/mol. The van der Waals surface area contributed by atoms with Crippen molar-refractivity contribution in [1.82, 2.24) is 15.0 Å². The van der Waals surface area contributed by atoms with Crippen molar-refractivity contribution >= 4 is 5.91 Å². The quantitative estimate of drug-likeness (QED) is 0.814. The standard InChI is InChI=1S/C15H21N3O4/c1-9-16-14(17-22-9)12-6-11-7-18(8-13(11)21-12)15(19)10-2-4-20-5-3-10/h10-13H,2-8H2,1H3/t11-,12-,13+/m0/s1. The number of carbonyl (C=O) groups excluding carboxylic acids is 1. The van der Waals surface area contributed by atoms with Gasteiger partial charge in [0, 0.05) is 45.1 Å². The molecular weight excluding hydrogens is 286 g/mol. The van der Waals surface area contributed by atoms with Gasteiger partial charge in [-0.3, -0.25) is 4.79 Å². The summed E-state index contributed by atoms with van der Waals surface area (Å²) < 4.78 is 16.4. The van der Waals surface area contributed by atoms with Crippen LogP contribution in [0, 0.1) is 18.8 Å². The highest BCUT2D eigenvalue weighted by molar-refractivity contribution is 5.79. The molecule has 0 aliphatic carbocycles. The highest BCUT2D eigenvalue weighted by Gasteiger charge is 2.46. The van der Waals surface area contributed by atoms with Crippen molar-refractivity contribution in [3.05, 3.63) is 11.7 Å². The van der Waals surface area contributed by atoms with Crippen molar-refractivity contribution in [3.63, 3.8) is 0 Å². The lowest BCUT2D eigenvalue weighted by Gasteiger charge is -2.27. The summed E-state index contributed by atoms with van der Waals surface area (Å²) in [6.07, 6.45) is 2.56. The Morgan fingerprint density at radius 2 is 2.09 bits per heavy atom. The monoisotopic (exact) mass is 307 g/mol. The summed E-state index contributed by atoms with van der Waals surface area (Å²) in [6, 6.07) is 0. The molecule has 0 bridgehead atoms. The minimum atomic E-state index is -0.0900. The number of rotatable bonds is 2. The number of fused-ring (bicyclic) bond motifs is 1. The van der Waals surface area contributed by atoms with Crippen LogP contribution in [-0.2, 0) is 14.3 Å². The Labute approximate surface area is 128 Å². The van der Waals surface area contributed by atoms with Crippen LogP contribution in [0.3, 0.4) is 0 Å². The van der Waals surface area contributed by atoms with E-state index in [4.69, 9.17) is 14.0 Å². The first-order valence-electron chi connectivity index (χ1n) is 8.03. The van der Waals surface area contributed by atoms with Crippen molar-refractivity contribution in [1.29, 1.82) is 0 Å². The second-order valence-electron chi connectivity index (χ2n) is 6.46. The van der Waals surface area contributed by atoms with Crippen molar-refractivity contribution in [2.24, 2.45) is 11.8 Å². The fourth-order valence-electron chi connectivity index (χ4n) is 3.76. The minimum absolute atomic E-state index is 0.0900. The minimum Gasteiger partial charge on any atom is -0.381 e. The van der Waals surface area contributed by atoms with Crippen molar-refractivity contribution in [2.45, 2.75) is 38.4 Å². The maximum Gasteiger partial charge on any atom is 0.225 e. The van der Waals surface area contributed by atoms with Gasteiger partial charge in [-0.25, -0.2) is 0 Å². The molecular formula is C15H21N3O4. The van der Waals surface area contributed by atoms with Crippen molar-refractivity contribution in [3.8, 4) is 0 Å². The molecule has 4 rings (SSSR count).